The Bertz CT molecular complexity index is 1200. The molecule has 0 radical (unpaired) electrons. The number of imidazole rings is 1. The van der Waals surface area contributed by atoms with Crippen LogP contribution in [-0.2, 0) is 29.1 Å². The molecule has 0 aliphatic carbocycles. The predicted molar refractivity (Wildman–Crippen MR) is 119 cm³/mol. The molecule has 0 aliphatic heterocycles. The average Bonchev–Trinajstić information content (AvgIpc) is 3.52. The molecule has 166 valence electrons. The highest BCUT2D eigenvalue weighted by Crippen LogP contribution is 2.25. The Labute approximate surface area is 190 Å². The maximum Gasteiger partial charge on any atom is 0.303 e. The van der Waals surface area contributed by atoms with Gasteiger partial charge in [0.15, 0.2) is 5.15 Å². The molecule has 0 fully saturated rings. The molecule has 1 aromatic carbocycles. The molecule has 0 bridgehead atoms. The summed E-state index contributed by atoms with van der Waals surface area (Å²) in [6, 6.07) is 10.0. The number of H-pyrrole nitrogens is 1. The molecule has 0 saturated heterocycles. The fourth-order valence-electron chi connectivity index (χ4n) is 3.55. The predicted octanol–water partition coefficient (Wildman–Crippen LogP) is 3.96. The first-order chi connectivity index (χ1) is 15.6. The molecule has 4 aromatic rings. The van der Waals surface area contributed by atoms with Gasteiger partial charge in [-0.05, 0) is 29.3 Å². The lowest BCUT2D eigenvalue weighted by Gasteiger charge is -2.16. The van der Waals surface area contributed by atoms with Crippen molar-refractivity contribution in [3.05, 3.63) is 65.0 Å². The van der Waals surface area contributed by atoms with Gasteiger partial charge in [-0.15, -0.1) is 10.2 Å². The molecule has 0 amide bonds. The Morgan fingerprint density at radius 3 is 2.84 bits per heavy atom. The number of tetrazole rings is 1. The second-order valence-corrected chi connectivity index (χ2v) is 7.77. The van der Waals surface area contributed by atoms with Crippen LogP contribution >= 0.6 is 11.6 Å². The molecule has 9 nitrogen and oxygen atoms in total. The number of nitrogens with zero attached hydrogens (tertiary/aromatic N) is 6. The number of hydrogen-bond acceptors (Lipinski definition) is 6. The van der Waals surface area contributed by atoms with E-state index in [1.165, 1.54) is 6.92 Å². The van der Waals surface area contributed by atoms with E-state index in [9.17, 15) is 4.79 Å². The first-order valence-electron chi connectivity index (χ1n) is 10.4. The van der Waals surface area contributed by atoms with Gasteiger partial charge in [-0.1, -0.05) is 43.1 Å². The molecule has 0 atom stereocenters. The van der Waals surface area contributed by atoms with Gasteiger partial charge < -0.3 is 13.9 Å². The van der Waals surface area contributed by atoms with Gasteiger partial charge in [-0.3, -0.25) is 4.79 Å². The Morgan fingerprint density at radius 1 is 1.25 bits per heavy atom. The van der Waals surface area contributed by atoms with Crippen LogP contribution in [0.3, 0.4) is 0 Å². The highest BCUT2D eigenvalue weighted by molar-refractivity contribution is 6.30. The number of para-hydroxylation sites is 1. The van der Waals surface area contributed by atoms with Crippen LogP contribution in [0.15, 0.2) is 42.7 Å². The molecule has 10 heteroatoms. The second kappa shape index (κ2) is 9.78. The van der Waals surface area contributed by atoms with Crippen LogP contribution in [0, 0.1) is 0 Å². The lowest BCUT2D eigenvalue weighted by molar-refractivity contribution is -0.142. The van der Waals surface area contributed by atoms with Gasteiger partial charge >= 0.3 is 5.97 Å². The SMILES string of the molecule is CCCCc1nc(Cl)c(COC(C)=O)n1Cc1ccccc1-n1ccc(-c2nn[nH]n2)c1. The molecular formula is C22H24ClN7O2. The zero-order valence-corrected chi connectivity index (χ0v) is 18.7. The van der Waals surface area contributed by atoms with Crippen molar-refractivity contribution in [2.75, 3.05) is 0 Å². The van der Waals surface area contributed by atoms with E-state index in [1.807, 2.05) is 41.2 Å². The summed E-state index contributed by atoms with van der Waals surface area (Å²) in [5, 5.41) is 14.6. The number of aromatic amines is 1. The third kappa shape index (κ3) is 4.72. The third-order valence-corrected chi connectivity index (χ3v) is 5.47. The third-order valence-electron chi connectivity index (χ3n) is 5.16. The van der Waals surface area contributed by atoms with Gasteiger partial charge in [-0.2, -0.15) is 5.21 Å². The fraction of sp³-hybridized carbons (Fsp3) is 0.318. The van der Waals surface area contributed by atoms with E-state index in [2.05, 4.69) is 43.2 Å². The van der Waals surface area contributed by atoms with Crippen molar-refractivity contribution >= 4 is 17.6 Å². The van der Waals surface area contributed by atoms with Crippen LogP contribution in [0.4, 0.5) is 0 Å². The summed E-state index contributed by atoms with van der Waals surface area (Å²) in [4.78, 5) is 16.0. The highest BCUT2D eigenvalue weighted by atomic mass is 35.5. The number of esters is 1. The summed E-state index contributed by atoms with van der Waals surface area (Å²) >= 11 is 6.44. The molecule has 0 aliphatic rings. The molecule has 3 heterocycles. The number of halogens is 1. The maximum atomic E-state index is 11.4. The zero-order valence-electron chi connectivity index (χ0n) is 18.0. The summed E-state index contributed by atoms with van der Waals surface area (Å²) in [5.74, 6) is 1.06. The number of unbranched alkanes of at least 4 members (excludes halogenated alkanes) is 1. The van der Waals surface area contributed by atoms with Crippen molar-refractivity contribution in [3.8, 4) is 17.1 Å². The number of ether oxygens (including phenoxy) is 1. The normalized spacial score (nSPS) is 11.1. The highest BCUT2D eigenvalue weighted by Gasteiger charge is 2.18. The summed E-state index contributed by atoms with van der Waals surface area (Å²) in [6.07, 6.45) is 6.76. The minimum Gasteiger partial charge on any atom is -0.459 e. The molecule has 32 heavy (non-hydrogen) atoms. The van der Waals surface area contributed by atoms with Crippen molar-refractivity contribution in [1.82, 2.24) is 34.7 Å². The van der Waals surface area contributed by atoms with Gasteiger partial charge in [0.2, 0.25) is 5.82 Å². The Morgan fingerprint density at radius 2 is 2.09 bits per heavy atom. The van der Waals surface area contributed by atoms with Crippen LogP contribution < -0.4 is 0 Å². The number of benzene rings is 1. The Balaban J connectivity index is 1.69. The summed E-state index contributed by atoms with van der Waals surface area (Å²) in [7, 11) is 0. The molecular weight excluding hydrogens is 430 g/mol. The maximum absolute atomic E-state index is 11.4. The van der Waals surface area contributed by atoms with Crippen LogP contribution in [0.1, 0.15) is 43.8 Å². The second-order valence-electron chi connectivity index (χ2n) is 7.41. The van der Waals surface area contributed by atoms with Gasteiger partial charge in [0.1, 0.15) is 12.4 Å². The largest absolute Gasteiger partial charge is 0.459 e. The number of hydrogen-bond donors (Lipinski definition) is 1. The van der Waals surface area contributed by atoms with Crippen molar-refractivity contribution in [1.29, 1.82) is 0 Å². The molecule has 0 spiro atoms. The van der Waals surface area contributed by atoms with E-state index in [4.69, 9.17) is 16.3 Å². The fourth-order valence-corrected chi connectivity index (χ4v) is 3.81. The van der Waals surface area contributed by atoms with E-state index in [0.717, 1.165) is 41.9 Å². The van der Waals surface area contributed by atoms with Crippen LogP contribution in [-0.4, -0.2) is 40.7 Å². The van der Waals surface area contributed by atoms with Crippen molar-refractivity contribution in [2.24, 2.45) is 0 Å². The standard InChI is InChI=1S/C22H24ClN7O2/c1-3-4-9-20-24-21(23)19(14-32-15(2)31)30(20)13-16-7-5-6-8-18(16)29-11-10-17(12-29)22-25-27-28-26-22/h5-8,10-12H,3-4,9,13-14H2,1-2H3,(H,25,26,27,28). The number of nitrogens with one attached hydrogen (secondary N) is 1. The van der Waals surface area contributed by atoms with Crippen LogP contribution in [0.25, 0.3) is 17.1 Å². The number of aryl methyl sites for hydroxylation is 1. The Kier molecular flexibility index (Phi) is 6.65. The molecule has 1 N–H and O–H groups in total. The van der Waals surface area contributed by atoms with E-state index in [0.29, 0.717) is 23.2 Å². The Hall–Kier alpha value is -3.46. The average molecular weight is 454 g/mol. The van der Waals surface area contributed by atoms with E-state index in [-0.39, 0.29) is 12.6 Å². The van der Waals surface area contributed by atoms with Gasteiger partial charge in [0.05, 0.1) is 12.2 Å². The minimum atomic E-state index is -0.356. The van der Waals surface area contributed by atoms with E-state index in [1.54, 1.807) is 0 Å². The van der Waals surface area contributed by atoms with Gasteiger partial charge in [-0.25, -0.2) is 4.98 Å². The van der Waals surface area contributed by atoms with Crippen molar-refractivity contribution in [3.63, 3.8) is 0 Å². The number of rotatable bonds is 9. The first-order valence-corrected chi connectivity index (χ1v) is 10.8. The monoisotopic (exact) mass is 453 g/mol. The zero-order chi connectivity index (χ0) is 22.5. The quantitative estimate of drug-likeness (QED) is 0.385. The molecule has 3 aromatic heterocycles. The number of carbonyl (C=O) groups is 1. The van der Waals surface area contributed by atoms with E-state index < -0.39 is 0 Å². The summed E-state index contributed by atoms with van der Waals surface area (Å²) in [6.45, 7) is 4.15. The summed E-state index contributed by atoms with van der Waals surface area (Å²) < 4.78 is 9.34. The smallest absolute Gasteiger partial charge is 0.303 e. The van der Waals surface area contributed by atoms with Crippen LogP contribution in [0.5, 0.6) is 0 Å². The number of aromatic nitrogens is 7. The number of carbonyl (C=O) groups excluding carboxylic acids is 1. The first kappa shape index (κ1) is 21.8. The van der Waals surface area contributed by atoms with E-state index >= 15 is 0 Å². The van der Waals surface area contributed by atoms with Crippen molar-refractivity contribution < 1.29 is 9.53 Å². The molecule has 0 unspecified atom stereocenters. The van der Waals surface area contributed by atoms with Crippen LogP contribution in [0.2, 0.25) is 5.15 Å². The molecule has 4 rings (SSSR count). The van der Waals surface area contributed by atoms with Crippen molar-refractivity contribution in [2.45, 2.75) is 46.3 Å². The minimum absolute atomic E-state index is 0.0843. The van der Waals surface area contributed by atoms with Gasteiger partial charge in [0, 0.05) is 37.0 Å². The lowest BCUT2D eigenvalue weighted by Crippen LogP contribution is -2.13. The molecule has 0 saturated carbocycles. The van der Waals surface area contributed by atoms with Gasteiger partial charge in [0.25, 0.3) is 0 Å². The summed E-state index contributed by atoms with van der Waals surface area (Å²) in [5.41, 5.74) is 3.63. The lowest BCUT2D eigenvalue weighted by atomic mass is 10.1. The topological polar surface area (TPSA) is 104 Å².